The molecule has 1 saturated heterocycles. The molecule has 1 amide bonds. The van der Waals surface area contributed by atoms with Crippen molar-refractivity contribution in [3.63, 3.8) is 0 Å². The first-order valence-corrected chi connectivity index (χ1v) is 14.2. The number of carbonyl (C=O) groups is 1. The number of hydrogen-bond acceptors (Lipinski definition) is 7. The highest BCUT2D eigenvalue weighted by atomic mass is 32.2. The van der Waals surface area contributed by atoms with Crippen LogP contribution in [-0.4, -0.2) is 59.9 Å². The van der Waals surface area contributed by atoms with Gasteiger partial charge in [-0.25, -0.2) is 16.8 Å². The predicted octanol–water partition coefficient (Wildman–Crippen LogP) is 2.90. The Morgan fingerprint density at radius 2 is 1.53 bits per heavy atom. The smallest absolute Gasteiger partial charge is 0.243 e. The summed E-state index contributed by atoms with van der Waals surface area (Å²) in [5.41, 5.74) is 1.47. The minimum absolute atomic E-state index is 0.108. The maximum atomic E-state index is 13.0. The molecule has 0 spiro atoms. The lowest BCUT2D eigenvalue weighted by atomic mass is 10.2. The molecule has 4 rings (SSSR count). The van der Waals surface area contributed by atoms with Gasteiger partial charge >= 0.3 is 0 Å². The maximum absolute atomic E-state index is 13.0. The molecule has 1 aliphatic heterocycles. The van der Waals surface area contributed by atoms with Crippen LogP contribution in [-0.2, 0) is 29.4 Å². The first-order chi connectivity index (χ1) is 17.2. The van der Waals surface area contributed by atoms with Crippen LogP contribution in [0.1, 0.15) is 5.56 Å². The van der Waals surface area contributed by atoms with Crippen LogP contribution in [0.25, 0.3) is 0 Å². The minimum atomic E-state index is -3.70. The molecule has 0 atom stereocenters. The number of rotatable bonds is 8. The second kappa shape index (κ2) is 10.8. The molecule has 0 radical (unpaired) electrons. The summed E-state index contributed by atoms with van der Waals surface area (Å²) in [7, 11) is -7.32. The molecular formula is C25H27N3O6S2. The predicted molar refractivity (Wildman–Crippen MR) is 136 cm³/mol. The van der Waals surface area contributed by atoms with E-state index in [9.17, 15) is 21.6 Å². The normalized spacial score (nSPS) is 14.8. The van der Waals surface area contributed by atoms with Crippen molar-refractivity contribution < 1.29 is 26.4 Å². The molecule has 1 fully saturated rings. The SMILES string of the molecule is Cc1c(NCC(=O)Nc2ccc(S(=O)(=O)N3CCOCC3)cc2)cccc1S(=O)(=O)c1ccccc1. The fourth-order valence-corrected chi connectivity index (χ4v) is 6.80. The third kappa shape index (κ3) is 5.59. The number of sulfonamides is 1. The van der Waals surface area contributed by atoms with Crippen molar-refractivity contribution in [2.45, 2.75) is 21.6 Å². The Morgan fingerprint density at radius 3 is 2.19 bits per heavy atom. The van der Waals surface area contributed by atoms with Crippen molar-refractivity contribution in [3.8, 4) is 0 Å². The van der Waals surface area contributed by atoms with Gasteiger partial charge in [-0.1, -0.05) is 24.3 Å². The third-order valence-corrected chi connectivity index (χ3v) is 9.64. The summed E-state index contributed by atoms with van der Waals surface area (Å²) in [6.45, 7) is 2.91. The Morgan fingerprint density at radius 1 is 0.861 bits per heavy atom. The van der Waals surface area contributed by atoms with E-state index in [1.54, 1.807) is 49.4 Å². The van der Waals surface area contributed by atoms with Gasteiger partial charge in [0.1, 0.15) is 0 Å². The lowest BCUT2D eigenvalue weighted by molar-refractivity contribution is -0.114. The van der Waals surface area contributed by atoms with E-state index in [2.05, 4.69) is 10.6 Å². The number of amides is 1. The van der Waals surface area contributed by atoms with Crippen LogP contribution in [0.2, 0.25) is 0 Å². The first kappa shape index (κ1) is 25.8. The summed E-state index contributed by atoms with van der Waals surface area (Å²) in [6, 6.07) is 19.0. The van der Waals surface area contributed by atoms with Crippen molar-refractivity contribution in [1.82, 2.24) is 4.31 Å². The number of carbonyl (C=O) groups excluding carboxylic acids is 1. The van der Waals surface area contributed by atoms with Gasteiger partial charge in [-0.2, -0.15) is 4.31 Å². The van der Waals surface area contributed by atoms with Crippen molar-refractivity contribution in [1.29, 1.82) is 0 Å². The van der Waals surface area contributed by atoms with Gasteiger partial charge in [0.25, 0.3) is 0 Å². The Bertz CT molecular complexity index is 1430. The van der Waals surface area contributed by atoms with Crippen LogP contribution in [0.4, 0.5) is 11.4 Å². The molecule has 190 valence electrons. The van der Waals surface area contributed by atoms with E-state index in [1.807, 2.05) is 0 Å². The number of morpholine rings is 1. The van der Waals surface area contributed by atoms with Gasteiger partial charge < -0.3 is 15.4 Å². The zero-order valence-electron chi connectivity index (χ0n) is 19.7. The van der Waals surface area contributed by atoms with Gasteiger partial charge in [0.05, 0.1) is 34.4 Å². The van der Waals surface area contributed by atoms with Crippen LogP contribution in [0.3, 0.4) is 0 Å². The van der Waals surface area contributed by atoms with E-state index >= 15 is 0 Å². The number of anilines is 2. The number of sulfone groups is 1. The van der Waals surface area contributed by atoms with E-state index in [4.69, 9.17) is 4.74 Å². The van der Waals surface area contributed by atoms with Crippen LogP contribution >= 0.6 is 0 Å². The standard InChI is InChI=1S/C25H27N3O6S2/c1-19-23(8-5-9-24(19)35(30,31)21-6-3-2-4-7-21)26-18-25(29)27-20-10-12-22(13-11-20)36(32,33)28-14-16-34-17-15-28/h2-13,26H,14-18H2,1H3,(H,27,29). The average molecular weight is 530 g/mol. The molecule has 3 aromatic rings. The van der Waals surface area contributed by atoms with Crippen LogP contribution in [0, 0.1) is 6.92 Å². The molecule has 36 heavy (non-hydrogen) atoms. The summed E-state index contributed by atoms with van der Waals surface area (Å²) in [6.07, 6.45) is 0. The number of nitrogens with zero attached hydrogens (tertiary/aromatic N) is 1. The number of benzene rings is 3. The van der Waals surface area contributed by atoms with Crippen molar-refractivity contribution in [2.24, 2.45) is 0 Å². The summed E-state index contributed by atoms with van der Waals surface area (Å²) >= 11 is 0. The van der Waals surface area contributed by atoms with Crippen molar-refractivity contribution >= 4 is 37.1 Å². The summed E-state index contributed by atoms with van der Waals surface area (Å²) in [4.78, 5) is 13.0. The third-order valence-electron chi connectivity index (χ3n) is 5.81. The van der Waals surface area contributed by atoms with Crippen molar-refractivity contribution in [3.05, 3.63) is 78.4 Å². The van der Waals surface area contributed by atoms with Gasteiger partial charge in [0.15, 0.2) is 0 Å². The van der Waals surface area contributed by atoms with Gasteiger partial charge in [-0.3, -0.25) is 4.79 Å². The fourth-order valence-electron chi connectivity index (χ4n) is 3.85. The monoisotopic (exact) mass is 529 g/mol. The largest absolute Gasteiger partial charge is 0.379 e. The Hall–Kier alpha value is -3.25. The molecule has 9 nitrogen and oxygen atoms in total. The van der Waals surface area contributed by atoms with Crippen molar-refractivity contribution in [2.75, 3.05) is 43.5 Å². The van der Waals surface area contributed by atoms with E-state index in [1.165, 1.54) is 34.6 Å². The lowest BCUT2D eigenvalue weighted by Gasteiger charge is -2.26. The van der Waals surface area contributed by atoms with Crippen LogP contribution < -0.4 is 10.6 Å². The van der Waals surface area contributed by atoms with Gasteiger partial charge in [-0.05, 0) is 61.0 Å². The Kier molecular flexibility index (Phi) is 7.74. The topological polar surface area (TPSA) is 122 Å². The molecule has 0 saturated carbocycles. The number of ether oxygens (including phenoxy) is 1. The van der Waals surface area contributed by atoms with E-state index in [0.29, 0.717) is 43.2 Å². The second-order valence-corrected chi connectivity index (χ2v) is 12.0. The molecule has 2 N–H and O–H groups in total. The zero-order chi connectivity index (χ0) is 25.8. The molecule has 11 heteroatoms. The summed E-state index contributed by atoms with van der Waals surface area (Å²) in [5, 5.41) is 5.70. The van der Waals surface area contributed by atoms with Gasteiger partial charge in [0, 0.05) is 24.5 Å². The fraction of sp³-hybridized carbons (Fsp3) is 0.240. The minimum Gasteiger partial charge on any atom is -0.379 e. The number of hydrogen-bond donors (Lipinski definition) is 2. The molecule has 0 aliphatic carbocycles. The quantitative estimate of drug-likeness (QED) is 0.460. The number of nitrogens with one attached hydrogen (secondary N) is 2. The van der Waals surface area contributed by atoms with Crippen LogP contribution in [0.5, 0.6) is 0 Å². The maximum Gasteiger partial charge on any atom is 0.243 e. The van der Waals surface area contributed by atoms with E-state index in [0.717, 1.165) is 0 Å². The molecule has 1 aliphatic rings. The Labute approximate surface area is 211 Å². The second-order valence-electron chi connectivity index (χ2n) is 8.19. The highest BCUT2D eigenvalue weighted by Crippen LogP contribution is 2.28. The molecule has 3 aromatic carbocycles. The van der Waals surface area contributed by atoms with E-state index < -0.39 is 19.9 Å². The molecule has 0 unspecified atom stereocenters. The van der Waals surface area contributed by atoms with Gasteiger partial charge in [0.2, 0.25) is 25.8 Å². The van der Waals surface area contributed by atoms with E-state index in [-0.39, 0.29) is 27.1 Å². The average Bonchev–Trinajstić information content (AvgIpc) is 2.89. The highest BCUT2D eigenvalue weighted by molar-refractivity contribution is 7.91. The molecule has 0 bridgehead atoms. The molecule has 0 aromatic heterocycles. The zero-order valence-corrected chi connectivity index (χ0v) is 21.3. The summed E-state index contributed by atoms with van der Waals surface area (Å²) < 4.78 is 58.1. The van der Waals surface area contributed by atoms with Gasteiger partial charge in [-0.15, -0.1) is 0 Å². The summed E-state index contributed by atoms with van der Waals surface area (Å²) in [5.74, 6) is -0.366. The molecular weight excluding hydrogens is 502 g/mol. The van der Waals surface area contributed by atoms with Crippen LogP contribution in [0.15, 0.2) is 87.5 Å². The molecule has 1 heterocycles. The lowest BCUT2D eigenvalue weighted by Crippen LogP contribution is -2.40. The Balaban J connectivity index is 1.40. The highest BCUT2D eigenvalue weighted by Gasteiger charge is 2.26. The first-order valence-electron chi connectivity index (χ1n) is 11.3.